The number of aromatic nitrogens is 2. The summed E-state index contributed by atoms with van der Waals surface area (Å²) in [5.41, 5.74) is 1.91. The number of benzene rings is 2. The smallest absolute Gasteiger partial charge is 0.243 e. The van der Waals surface area contributed by atoms with Gasteiger partial charge in [-0.05, 0) is 43.0 Å². The van der Waals surface area contributed by atoms with Crippen LogP contribution in [-0.4, -0.2) is 80.5 Å². The molecule has 0 amide bonds. The third kappa shape index (κ3) is 5.18. The SMILES string of the molecule is COC(CN1CCN(S(=O)(=O)c2ccc3ncnc(N4CCCCC4)c3c2)CC1)c1ccccc1. The summed E-state index contributed by atoms with van der Waals surface area (Å²) in [6.45, 7) is 4.86. The van der Waals surface area contributed by atoms with Gasteiger partial charge in [0.2, 0.25) is 10.0 Å². The van der Waals surface area contributed by atoms with Gasteiger partial charge in [0.15, 0.2) is 0 Å². The van der Waals surface area contributed by atoms with Crippen LogP contribution in [0.25, 0.3) is 10.9 Å². The molecule has 2 fully saturated rings. The van der Waals surface area contributed by atoms with Gasteiger partial charge in [0, 0.05) is 58.3 Å². The Morgan fingerprint density at radius 2 is 1.66 bits per heavy atom. The predicted octanol–water partition coefficient (Wildman–Crippen LogP) is 3.31. The van der Waals surface area contributed by atoms with Gasteiger partial charge in [0.1, 0.15) is 12.1 Å². The molecule has 9 heteroatoms. The molecule has 186 valence electrons. The number of nitrogens with zero attached hydrogens (tertiary/aromatic N) is 5. The van der Waals surface area contributed by atoms with Crippen molar-refractivity contribution in [1.29, 1.82) is 0 Å². The third-order valence-corrected chi connectivity index (χ3v) is 8.98. The molecular weight excluding hydrogens is 462 g/mol. The summed E-state index contributed by atoms with van der Waals surface area (Å²) in [7, 11) is -1.89. The second-order valence-electron chi connectivity index (χ2n) is 9.26. The van der Waals surface area contributed by atoms with E-state index >= 15 is 0 Å². The summed E-state index contributed by atoms with van der Waals surface area (Å²) in [4.78, 5) is 13.7. The first-order valence-electron chi connectivity index (χ1n) is 12.4. The molecule has 3 aromatic rings. The molecule has 2 saturated heterocycles. The number of piperazine rings is 1. The van der Waals surface area contributed by atoms with Crippen molar-refractivity contribution in [3.8, 4) is 0 Å². The van der Waals surface area contributed by atoms with E-state index in [0.717, 1.165) is 54.8 Å². The van der Waals surface area contributed by atoms with Crippen LogP contribution in [0.1, 0.15) is 30.9 Å². The van der Waals surface area contributed by atoms with Crippen LogP contribution in [0.3, 0.4) is 0 Å². The van der Waals surface area contributed by atoms with E-state index in [1.807, 2.05) is 18.2 Å². The Labute approximate surface area is 207 Å². The highest BCUT2D eigenvalue weighted by atomic mass is 32.2. The monoisotopic (exact) mass is 495 g/mol. The van der Waals surface area contributed by atoms with Crippen LogP contribution in [0.15, 0.2) is 59.8 Å². The highest BCUT2D eigenvalue weighted by Gasteiger charge is 2.30. The maximum Gasteiger partial charge on any atom is 0.243 e. The number of piperidine rings is 1. The molecule has 1 atom stereocenters. The van der Waals surface area contributed by atoms with Gasteiger partial charge < -0.3 is 9.64 Å². The number of hydrogen-bond acceptors (Lipinski definition) is 7. The fourth-order valence-electron chi connectivity index (χ4n) is 5.06. The molecule has 0 aliphatic carbocycles. The maximum absolute atomic E-state index is 13.6. The van der Waals surface area contributed by atoms with Crippen LogP contribution in [-0.2, 0) is 14.8 Å². The number of sulfonamides is 1. The largest absolute Gasteiger partial charge is 0.375 e. The Balaban J connectivity index is 1.30. The minimum absolute atomic E-state index is 0.0342. The molecule has 0 spiro atoms. The lowest BCUT2D eigenvalue weighted by Gasteiger charge is -2.35. The zero-order chi connectivity index (χ0) is 24.3. The molecule has 0 N–H and O–H groups in total. The van der Waals surface area contributed by atoms with E-state index in [1.54, 1.807) is 35.9 Å². The van der Waals surface area contributed by atoms with Gasteiger partial charge in [-0.25, -0.2) is 18.4 Å². The zero-order valence-corrected chi connectivity index (χ0v) is 21.0. The third-order valence-electron chi connectivity index (χ3n) is 7.09. The van der Waals surface area contributed by atoms with Gasteiger partial charge in [-0.2, -0.15) is 4.31 Å². The molecule has 5 rings (SSSR count). The van der Waals surface area contributed by atoms with Crippen molar-refractivity contribution >= 4 is 26.7 Å². The first-order chi connectivity index (χ1) is 17.1. The maximum atomic E-state index is 13.6. The Kier molecular flexibility index (Phi) is 7.29. The van der Waals surface area contributed by atoms with Gasteiger partial charge >= 0.3 is 0 Å². The fourth-order valence-corrected chi connectivity index (χ4v) is 6.51. The topological polar surface area (TPSA) is 78.9 Å². The molecule has 0 bridgehead atoms. The van der Waals surface area contributed by atoms with Crippen LogP contribution >= 0.6 is 0 Å². The lowest BCUT2D eigenvalue weighted by molar-refractivity contribution is 0.0523. The van der Waals surface area contributed by atoms with Gasteiger partial charge in [-0.3, -0.25) is 4.90 Å². The second kappa shape index (κ2) is 10.6. The highest BCUT2D eigenvalue weighted by molar-refractivity contribution is 7.89. The molecule has 8 nitrogen and oxygen atoms in total. The standard InChI is InChI=1S/C26H33N5O3S/c1-34-25(21-8-4-2-5-9-21)19-29-14-16-31(17-15-29)35(32,33)22-10-11-24-23(18-22)26(28-20-27-24)30-12-6-3-7-13-30/h2,4-5,8-11,18,20,25H,3,6-7,12-17,19H2,1H3. The van der Waals surface area contributed by atoms with Crippen LogP contribution in [0.4, 0.5) is 5.82 Å². The number of methoxy groups -OCH3 is 1. The number of rotatable bonds is 7. The fraction of sp³-hybridized carbons (Fsp3) is 0.462. The molecule has 3 heterocycles. The van der Waals surface area contributed by atoms with Crippen molar-refractivity contribution in [2.45, 2.75) is 30.3 Å². The molecule has 35 heavy (non-hydrogen) atoms. The van der Waals surface area contributed by atoms with Crippen molar-refractivity contribution in [3.05, 3.63) is 60.4 Å². The average Bonchev–Trinajstić information content (AvgIpc) is 2.92. The number of fused-ring (bicyclic) bond motifs is 1. The summed E-state index contributed by atoms with van der Waals surface area (Å²) in [5, 5.41) is 0.805. The van der Waals surface area contributed by atoms with Crippen molar-refractivity contribution in [1.82, 2.24) is 19.2 Å². The van der Waals surface area contributed by atoms with Gasteiger partial charge in [0.25, 0.3) is 0 Å². The average molecular weight is 496 g/mol. The molecule has 1 aromatic heterocycles. The van der Waals surface area contributed by atoms with E-state index < -0.39 is 10.0 Å². The minimum Gasteiger partial charge on any atom is -0.375 e. The number of anilines is 1. The van der Waals surface area contributed by atoms with Crippen LogP contribution in [0.5, 0.6) is 0 Å². The van der Waals surface area contributed by atoms with E-state index in [1.165, 1.54) is 6.42 Å². The Bertz CT molecular complexity index is 1240. The lowest BCUT2D eigenvalue weighted by Crippen LogP contribution is -2.49. The second-order valence-corrected chi connectivity index (χ2v) is 11.2. The van der Waals surface area contributed by atoms with E-state index in [4.69, 9.17) is 4.74 Å². The first-order valence-corrected chi connectivity index (χ1v) is 13.8. The van der Waals surface area contributed by atoms with Crippen LogP contribution in [0, 0.1) is 0 Å². The van der Waals surface area contributed by atoms with E-state index in [9.17, 15) is 8.42 Å². The number of ether oxygens (including phenoxy) is 1. The summed E-state index contributed by atoms with van der Waals surface area (Å²) < 4.78 is 34.4. The molecule has 0 saturated carbocycles. The van der Waals surface area contributed by atoms with Crippen molar-refractivity contribution in [2.75, 3.05) is 57.8 Å². The van der Waals surface area contributed by atoms with Crippen LogP contribution in [0.2, 0.25) is 0 Å². The van der Waals surface area contributed by atoms with Gasteiger partial charge in [0.05, 0.1) is 16.5 Å². The van der Waals surface area contributed by atoms with Crippen molar-refractivity contribution in [2.24, 2.45) is 0 Å². The molecular formula is C26H33N5O3S. The predicted molar refractivity (Wildman–Crippen MR) is 137 cm³/mol. The molecule has 2 aromatic carbocycles. The summed E-state index contributed by atoms with van der Waals surface area (Å²) in [5.74, 6) is 0.836. The normalized spacial score (nSPS) is 19.2. The Morgan fingerprint density at radius 1 is 0.914 bits per heavy atom. The van der Waals surface area contributed by atoms with Crippen molar-refractivity contribution in [3.63, 3.8) is 0 Å². The minimum atomic E-state index is -3.61. The Morgan fingerprint density at radius 3 is 2.37 bits per heavy atom. The van der Waals surface area contributed by atoms with Crippen LogP contribution < -0.4 is 4.90 Å². The lowest BCUT2D eigenvalue weighted by atomic mass is 10.1. The summed E-state index contributed by atoms with van der Waals surface area (Å²) in [6.07, 6.45) is 5.02. The van der Waals surface area contributed by atoms with Gasteiger partial charge in [-0.15, -0.1) is 0 Å². The summed E-state index contributed by atoms with van der Waals surface area (Å²) >= 11 is 0. The molecule has 2 aliphatic rings. The molecule has 2 aliphatic heterocycles. The summed E-state index contributed by atoms with van der Waals surface area (Å²) in [6, 6.07) is 15.4. The van der Waals surface area contributed by atoms with Crippen molar-refractivity contribution < 1.29 is 13.2 Å². The molecule has 0 radical (unpaired) electrons. The van der Waals surface area contributed by atoms with E-state index in [0.29, 0.717) is 31.1 Å². The first kappa shape index (κ1) is 24.1. The number of hydrogen-bond donors (Lipinski definition) is 0. The highest BCUT2D eigenvalue weighted by Crippen LogP contribution is 2.29. The molecule has 1 unspecified atom stereocenters. The van der Waals surface area contributed by atoms with Gasteiger partial charge in [-0.1, -0.05) is 30.3 Å². The van der Waals surface area contributed by atoms with E-state index in [2.05, 4.69) is 31.9 Å². The zero-order valence-electron chi connectivity index (χ0n) is 20.2. The quantitative estimate of drug-likeness (QED) is 0.498. The van der Waals surface area contributed by atoms with E-state index in [-0.39, 0.29) is 6.10 Å². The Hall–Kier alpha value is -2.59.